The largest absolute Gasteiger partial charge is 0.512 e. The van der Waals surface area contributed by atoms with E-state index in [1.54, 1.807) is 48.5 Å². The summed E-state index contributed by atoms with van der Waals surface area (Å²) in [6.45, 7) is -0.174. The van der Waals surface area contributed by atoms with Crippen molar-refractivity contribution in [3.8, 4) is 28.7 Å². The van der Waals surface area contributed by atoms with E-state index in [1.807, 2.05) is 0 Å². The molecule has 204 valence electrons. The fourth-order valence-corrected chi connectivity index (χ4v) is 7.03. The zero-order valence-electron chi connectivity index (χ0n) is 21.0. The van der Waals surface area contributed by atoms with E-state index in [0.717, 1.165) is 16.1 Å². The molecule has 3 aromatic carbocycles. The molecular weight excluding hydrogens is 550 g/mol. The number of rotatable bonds is 8. The summed E-state index contributed by atoms with van der Waals surface area (Å²) in [6.07, 6.45) is -1.67. The molecule has 5 rings (SSSR count). The molecule has 2 heterocycles. The molecule has 0 aliphatic carbocycles. The van der Waals surface area contributed by atoms with Gasteiger partial charge in [-0.25, -0.2) is 17.5 Å². The van der Waals surface area contributed by atoms with Crippen LogP contribution in [0.4, 0.5) is 4.79 Å². The van der Waals surface area contributed by atoms with Crippen molar-refractivity contribution in [1.29, 1.82) is 0 Å². The van der Waals surface area contributed by atoms with Gasteiger partial charge in [-0.3, -0.25) is 0 Å². The summed E-state index contributed by atoms with van der Waals surface area (Å²) in [4.78, 5) is 12.7. The highest BCUT2D eigenvalue weighted by molar-refractivity contribution is 8.08. The SMILES string of the molecule is COc1cc(SC2=C(OC(=O)O)N(Cc3ccc4c(c3)OCO4)S(=O)(=O)c3ccccc32)cc(OC)c1OC. The zero-order valence-corrected chi connectivity index (χ0v) is 22.6. The molecule has 0 amide bonds. The summed E-state index contributed by atoms with van der Waals surface area (Å²) in [5.41, 5.74) is 0.820. The monoisotopic (exact) mass is 573 g/mol. The molecule has 0 saturated heterocycles. The van der Waals surface area contributed by atoms with E-state index in [0.29, 0.717) is 39.2 Å². The van der Waals surface area contributed by atoms with E-state index in [4.69, 9.17) is 28.4 Å². The first-order valence-corrected chi connectivity index (χ1v) is 13.7. The number of methoxy groups -OCH3 is 3. The van der Waals surface area contributed by atoms with Gasteiger partial charge in [0.2, 0.25) is 18.4 Å². The highest BCUT2D eigenvalue weighted by Crippen LogP contribution is 2.49. The van der Waals surface area contributed by atoms with Gasteiger partial charge in [-0.2, -0.15) is 0 Å². The van der Waals surface area contributed by atoms with Crippen molar-refractivity contribution in [3.05, 3.63) is 71.6 Å². The maximum atomic E-state index is 13.8. The molecule has 0 radical (unpaired) electrons. The van der Waals surface area contributed by atoms with Crippen LogP contribution >= 0.6 is 11.8 Å². The van der Waals surface area contributed by atoms with Crippen molar-refractivity contribution in [2.75, 3.05) is 28.1 Å². The molecule has 2 aliphatic heterocycles. The quantitative estimate of drug-likeness (QED) is 0.374. The Bertz CT molecular complexity index is 1560. The molecule has 0 fully saturated rings. The zero-order chi connectivity index (χ0) is 27.7. The second kappa shape index (κ2) is 10.5. The predicted molar refractivity (Wildman–Crippen MR) is 140 cm³/mol. The van der Waals surface area contributed by atoms with E-state index in [2.05, 4.69) is 0 Å². The number of thioether (sulfide) groups is 1. The van der Waals surface area contributed by atoms with Crippen LogP contribution < -0.4 is 23.7 Å². The van der Waals surface area contributed by atoms with Crippen molar-refractivity contribution in [1.82, 2.24) is 4.31 Å². The number of benzene rings is 3. The molecule has 0 spiro atoms. The number of hydrogen-bond acceptors (Lipinski definition) is 10. The lowest BCUT2D eigenvalue weighted by molar-refractivity contribution is 0.101. The minimum Gasteiger partial charge on any atom is -0.493 e. The van der Waals surface area contributed by atoms with E-state index in [-0.39, 0.29) is 34.6 Å². The number of hydrogen-bond donors (Lipinski definition) is 1. The average Bonchev–Trinajstić information content (AvgIpc) is 3.40. The maximum Gasteiger partial charge on any atom is 0.512 e. The number of nitrogens with zero attached hydrogens (tertiary/aromatic N) is 1. The molecule has 0 unspecified atom stereocenters. The fraction of sp³-hybridized carbons (Fsp3) is 0.192. The Balaban J connectivity index is 1.68. The van der Waals surface area contributed by atoms with Gasteiger partial charge in [0, 0.05) is 10.5 Å². The highest BCUT2D eigenvalue weighted by atomic mass is 32.2. The highest BCUT2D eigenvalue weighted by Gasteiger charge is 2.40. The molecule has 11 nitrogen and oxygen atoms in total. The van der Waals surface area contributed by atoms with Gasteiger partial charge < -0.3 is 33.5 Å². The Morgan fingerprint density at radius 1 is 0.974 bits per heavy atom. The Kier molecular flexibility index (Phi) is 7.10. The lowest BCUT2D eigenvalue weighted by Crippen LogP contribution is -2.35. The number of fused-ring (bicyclic) bond motifs is 2. The second-order valence-electron chi connectivity index (χ2n) is 8.16. The van der Waals surface area contributed by atoms with Gasteiger partial charge in [-0.1, -0.05) is 36.0 Å². The van der Waals surface area contributed by atoms with Gasteiger partial charge in [0.1, 0.15) is 0 Å². The third-order valence-corrected chi connectivity index (χ3v) is 8.78. The smallest absolute Gasteiger partial charge is 0.493 e. The molecule has 2 aliphatic rings. The van der Waals surface area contributed by atoms with Crippen molar-refractivity contribution in [2.24, 2.45) is 0 Å². The standard InChI is InChI=1S/C26H23NO10S2/c1-32-20-11-16(12-21(33-2)23(20)34-3)38-24-17-6-4-5-7-22(17)39(30,31)27(25(24)37-26(28)29)13-15-8-9-18-19(10-15)36-14-35-18/h4-12H,13-14H2,1-3H3,(H,28,29). The number of ether oxygens (including phenoxy) is 6. The molecule has 0 aromatic heterocycles. The van der Waals surface area contributed by atoms with Crippen LogP contribution in [0.5, 0.6) is 28.7 Å². The molecule has 0 atom stereocenters. The van der Waals surface area contributed by atoms with Gasteiger partial charge in [0.25, 0.3) is 10.0 Å². The van der Waals surface area contributed by atoms with Crippen LogP contribution in [0.2, 0.25) is 0 Å². The van der Waals surface area contributed by atoms with Gasteiger partial charge >= 0.3 is 6.16 Å². The van der Waals surface area contributed by atoms with E-state index in [1.165, 1.54) is 27.4 Å². The third kappa shape index (κ3) is 4.86. The molecule has 1 N–H and O–H groups in total. The van der Waals surface area contributed by atoms with Crippen molar-refractivity contribution >= 4 is 32.8 Å². The minimum absolute atomic E-state index is 0.00146. The van der Waals surface area contributed by atoms with Gasteiger partial charge in [0.05, 0.1) is 37.7 Å². The first kappa shape index (κ1) is 26.4. The van der Waals surface area contributed by atoms with E-state index >= 15 is 0 Å². The lowest BCUT2D eigenvalue weighted by atomic mass is 10.2. The Morgan fingerprint density at radius 2 is 1.67 bits per heavy atom. The summed E-state index contributed by atoms with van der Waals surface area (Å²) in [5.74, 6) is 1.74. The van der Waals surface area contributed by atoms with Gasteiger partial charge in [-0.05, 0) is 35.9 Å². The summed E-state index contributed by atoms with van der Waals surface area (Å²) in [5, 5.41) is 9.63. The summed E-state index contributed by atoms with van der Waals surface area (Å²) in [7, 11) is 0.201. The van der Waals surface area contributed by atoms with Crippen molar-refractivity contribution < 1.29 is 46.7 Å². The van der Waals surface area contributed by atoms with E-state index in [9.17, 15) is 18.3 Å². The fourth-order valence-electron chi connectivity index (χ4n) is 4.21. The topological polar surface area (TPSA) is 130 Å². The van der Waals surface area contributed by atoms with Crippen molar-refractivity contribution in [3.63, 3.8) is 0 Å². The molecule has 13 heteroatoms. The second-order valence-corrected chi connectivity index (χ2v) is 11.1. The van der Waals surface area contributed by atoms with Crippen LogP contribution in [-0.4, -0.2) is 52.1 Å². The average molecular weight is 574 g/mol. The third-order valence-electron chi connectivity index (χ3n) is 5.93. The summed E-state index contributed by atoms with van der Waals surface area (Å²) < 4.78 is 60.8. The van der Waals surface area contributed by atoms with Crippen LogP contribution in [0, 0.1) is 0 Å². The van der Waals surface area contributed by atoms with Crippen LogP contribution in [-0.2, 0) is 21.3 Å². The number of carbonyl (C=O) groups is 1. The Hall–Kier alpha value is -4.23. The Labute approximate surface area is 228 Å². The van der Waals surface area contributed by atoms with E-state index < -0.39 is 16.2 Å². The number of carboxylic acid groups (broad SMARTS) is 1. The molecular formula is C26H23NO10S2. The molecule has 0 bridgehead atoms. The molecule has 3 aromatic rings. The summed E-state index contributed by atoms with van der Waals surface area (Å²) >= 11 is 1.10. The number of sulfonamides is 1. The normalized spacial score (nSPS) is 15.0. The molecule has 39 heavy (non-hydrogen) atoms. The van der Waals surface area contributed by atoms with Gasteiger partial charge in [-0.15, -0.1) is 0 Å². The Morgan fingerprint density at radius 3 is 2.33 bits per heavy atom. The maximum absolute atomic E-state index is 13.8. The van der Waals surface area contributed by atoms with Crippen LogP contribution in [0.15, 0.2) is 70.3 Å². The predicted octanol–water partition coefficient (Wildman–Crippen LogP) is 4.76. The first-order chi connectivity index (χ1) is 18.8. The minimum atomic E-state index is -4.22. The summed E-state index contributed by atoms with van der Waals surface area (Å²) in [6, 6.07) is 14.6. The van der Waals surface area contributed by atoms with Crippen LogP contribution in [0.3, 0.4) is 0 Å². The van der Waals surface area contributed by atoms with Crippen molar-refractivity contribution in [2.45, 2.75) is 16.3 Å². The van der Waals surface area contributed by atoms with Crippen LogP contribution in [0.1, 0.15) is 11.1 Å². The van der Waals surface area contributed by atoms with Gasteiger partial charge in [0.15, 0.2) is 23.0 Å². The lowest BCUT2D eigenvalue weighted by Gasteiger charge is -2.32. The molecule has 0 saturated carbocycles. The first-order valence-electron chi connectivity index (χ1n) is 11.4. The van der Waals surface area contributed by atoms with Crippen LogP contribution in [0.25, 0.3) is 4.91 Å².